The van der Waals surface area contributed by atoms with Crippen LogP contribution in [0.3, 0.4) is 0 Å². The van der Waals surface area contributed by atoms with Crippen LogP contribution in [0.1, 0.15) is 23.9 Å². The second-order valence-corrected chi connectivity index (χ2v) is 7.07. The Morgan fingerprint density at radius 3 is 2.96 bits per heavy atom. The molecule has 0 saturated heterocycles. The summed E-state index contributed by atoms with van der Waals surface area (Å²) in [5.41, 5.74) is 2.98. The number of rotatable bonds is 3. The molecule has 0 spiro atoms. The first-order chi connectivity index (χ1) is 11.6. The molecule has 0 saturated carbocycles. The summed E-state index contributed by atoms with van der Waals surface area (Å²) in [5.74, 6) is 1.38. The second-order valence-electron chi connectivity index (χ2n) is 6.12. The van der Waals surface area contributed by atoms with Gasteiger partial charge >= 0.3 is 0 Å². The van der Waals surface area contributed by atoms with Gasteiger partial charge in [0.05, 0.1) is 17.0 Å². The van der Waals surface area contributed by atoms with Crippen molar-refractivity contribution in [3.63, 3.8) is 0 Å². The standard InChI is InChI=1S/C19H18N2O2S/c1-12-10-14-6-3-4-7-16(14)21(12)18(22)11-15-13(2)23-19(20-15)17-8-5-9-24-17/h3-9,12H,10-11H2,1-2H3. The summed E-state index contributed by atoms with van der Waals surface area (Å²) in [7, 11) is 0. The highest BCUT2D eigenvalue weighted by Crippen LogP contribution is 2.33. The molecule has 1 unspecified atom stereocenters. The van der Waals surface area contributed by atoms with Crippen molar-refractivity contribution in [3.8, 4) is 10.8 Å². The van der Waals surface area contributed by atoms with Gasteiger partial charge in [-0.2, -0.15) is 0 Å². The first kappa shape index (κ1) is 15.1. The Kier molecular flexibility index (Phi) is 3.73. The monoisotopic (exact) mass is 338 g/mol. The number of hydrogen-bond donors (Lipinski definition) is 0. The van der Waals surface area contributed by atoms with Gasteiger partial charge in [-0.3, -0.25) is 4.79 Å². The topological polar surface area (TPSA) is 46.3 Å². The molecule has 122 valence electrons. The van der Waals surface area contributed by atoms with E-state index in [1.165, 1.54) is 5.56 Å². The zero-order chi connectivity index (χ0) is 16.7. The molecule has 4 rings (SSSR count). The van der Waals surface area contributed by atoms with Crippen molar-refractivity contribution in [3.05, 3.63) is 58.8 Å². The Morgan fingerprint density at radius 1 is 1.33 bits per heavy atom. The van der Waals surface area contributed by atoms with E-state index in [0.29, 0.717) is 11.7 Å². The van der Waals surface area contributed by atoms with Crippen LogP contribution in [0.5, 0.6) is 0 Å². The lowest BCUT2D eigenvalue weighted by molar-refractivity contribution is -0.118. The van der Waals surface area contributed by atoms with Gasteiger partial charge in [0.1, 0.15) is 5.76 Å². The van der Waals surface area contributed by atoms with Gasteiger partial charge in [0, 0.05) is 11.7 Å². The summed E-state index contributed by atoms with van der Waals surface area (Å²) >= 11 is 1.58. The van der Waals surface area contributed by atoms with Gasteiger partial charge < -0.3 is 9.32 Å². The second kappa shape index (κ2) is 5.91. The molecular formula is C19H18N2O2S. The van der Waals surface area contributed by atoms with Crippen molar-refractivity contribution < 1.29 is 9.21 Å². The summed E-state index contributed by atoms with van der Waals surface area (Å²) in [6.45, 7) is 3.96. The maximum absolute atomic E-state index is 12.9. The van der Waals surface area contributed by atoms with E-state index in [1.807, 2.05) is 47.5 Å². The highest BCUT2D eigenvalue weighted by molar-refractivity contribution is 7.13. The lowest BCUT2D eigenvalue weighted by Gasteiger charge is -2.22. The van der Waals surface area contributed by atoms with Gasteiger partial charge in [-0.05, 0) is 43.3 Å². The van der Waals surface area contributed by atoms with Gasteiger partial charge in [-0.25, -0.2) is 4.98 Å². The van der Waals surface area contributed by atoms with Crippen molar-refractivity contribution in [1.29, 1.82) is 0 Å². The van der Waals surface area contributed by atoms with Crippen LogP contribution in [0.4, 0.5) is 5.69 Å². The molecule has 0 radical (unpaired) electrons. The van der Waals surface area contributed by atoms with E-state index in [2.05, 4.69) is 18.0 Å². The molecule has 5 heteroatoms. The molecule has 1 atom stereocenters. The van der Waals surface area contributed by atoms with E-state index in [9.17, 15) is 4.79 Å². The van der Waals surface area contributed by atoms with E-state index >= 15 is 0 Å². The van der Waals surface area contributed by atoms with Gasteiger partial charge in [-0.1, -0.05) is 24.3 Å². The number of aromatic nitrogens is 1. The van der Waals surface area contributed by atoms with Crippen LogP contribution in [0.25, 0.3) is 10.8 Å². The third-order valence-corrected chi connectivity index (χ3v) is 5.28. The maximum atomic E-state index is 12.9. The van der Waals surface area contributed by atoms with Crippen LogP contribution in [0.15, 0.2) is 46.2 Å². The number of oxazole rings is 1. The van der Waals surface area contributed by atoms with E-state index in [4.69, 9.17) is 4.42 Å². The largest absolute Gasteiger partial charge is 0.440 e. The number of fused-ring (bicyclic) bond motifs is 1. The van der Waals surface area contributed by atoms with E-state index in [0.717, 1.165) is 22.7 Å². The number of anilines is 1. The van der Waals surface area contributed by atoms with Gasteiger partial charge in [0.25, 0.3) is 0 Å². The minimum atomic E-state index is 0.0709. The minimum Gasteiger partial charge on any atom is -0.440 e. The van der Waals surface area contributed by atoms with Crippen LogP contribution < -0.4 is 4.90 Å². The van der Waals surface area contributed by atoms with Crippen LogP contribution in [-0.2, 0) is 17.6 Å². The number of carbonyl (C=O) groups is 1. The van der Waals surface area contributed by atoms with Crippen molar-refractivity contribution in [1.82, 2.24) is 4.98 Å². The van der Waals surface area contributed by atoms with Crippen molar-refractivity contribution in [2.45, 2.75) is 32.7 Å². The van der Waals surface area contributed by atoms with E-state index in [-0.39, 0.29) is 18.4 Å². The predicted molar refractivity (Wildman–Crippen MR) is 95.4 cm³/mol. The fourth-order valence-corrected chi connectivity index (χ4v) is 3.92. The third-order valence-electron chi connectivity index (χ3n) is 4.42. The average Bonchev–Trinajstić information content (AvgIpc) is 3.26. The summed E-state index contributed by atoms with van der Waals surface area (Å²) in [6, 6.07) is 12.2. The molecule has 24 heavy (non-hydrogen) atoms. The number of aryl methyl sites for hydroxylation is 1. The molecule has 3 aromatic rings. The first-order valence-corrected chi connectivity index (χ1v) is 8.91. The number of nitrogens with zero attached hydrogens (tertiary/aromatic N) is 2. The number of thiophene rings is 1. The van der Waals surface area contributed by atoms with Crippen molar-refractivity contribution in [2.24, 2.45) is 0 Å². The van der Waals surface area contributed by atoms with Crippen LogP contribution >= 0.6 is 11.3 Å². The first-order valence-electron chi connectivity index (χ1n) is 8.03. The average molecular weight is 338 g/mol. The Labute approximate surface area is 144 Å². The predicted octanol–water partition coefficient (Wildman–Crippen LogP) is 4.23. The lowest BCUT2D eigenvalue weighted by atomic mass is 10.1. The molecule has 0 bridgehead atoms. The normalized spacial score (nSPS) is 16.4. The smallest absolute Gasteiger partial charge is 0.236 e. The summed E-state index contributed by atoms with van der Waals surface area (Å²) < 4.78 is 5.75. The number of benzene rings is 1. The van der Waals surface area contributed by atoms with Crippen molar-refractivity contribution >= 4 is 22.9 Å². The number of carbonyl (C=O) groups excluding carboxylic acids is 1. The Bertz CT molecular complexity index is 883. The van der Waals surface area contributed by atoms with E-state index < -0.39 is 0 Å². The SMILES string of the molecule is Cc1oc(-c2cccs2)nc1CC(=O)N1c2ccccc2CC1C. The summed E-state index contributed by atoms with van der Waals surface area (Å²) in [4.78, 5) is 20.3. The molecule has 1 aliphatic heterocycles. The van der Waals surface area contributed by atoms with Crippen LogP contribution in [0.2, 0.25) is 0 Å². The Hall–Kier alpha value is -2.40. The molecule has 1 aliphatic rings. The zero-order valence-electron chi connectivity index (χ0n) is 13.7. The summed E-state index contributed by atoms with van der Waals surface area (Å²) in [6.07, 6.45) is 1.17. The van der Waals surface area contributed by atoms with Crippen LogP contribution in [-0.4, -0.2) is 16.9 Å². The molecule has 0 aliphatic carbocycles. The fraction of sp³-hybridized carbons (Fsp3) is 0.263. The van der Waals surface area contributed by atoms with Gasteiger partial charge in [0.15, 0.2) is 0 Å². The van der Waals surface area contributed by atoms with Gasteiger partial charge in [0.2, 0.25) is 11.8 Å². The number of amides is 1. The molecule has 0 N–H and O–H groups in total. The highest BCUT2D eigenvalue weighted by atomic mass is 32.1. The summed E-state index contributed by atoms with van der Waals surface area (Å²) in [5, 5.41) is 1.99. The molecular weight excluding hydrogens is 320 g/mol. The number of hydrogen-bond acceptors (Lipinski definition) is 4. The molecule has 1 aromatic carbocycles. The molecule has 1 amide bonds. The zero-order valence-corrected chi connectivity index (χ0v) is 14.5. The fourth-order valence-electron chi connectivity index (χ4n) is 3.27. The third kappa shape index (κ3) is 2.55. The van der Waals surface area contributed by atoms with Crippen molar-refractivity contribution in [2.75, 3.05) is 4.90 Å². The van der Waals surface area contributed by atoms with Crippen LogP contribution in [0, 0.1) is 6.92 Å². The van der Waals surface area contributed by atoms with E-state index in [1.54, 1.807) is 11.3 Å². The van der Waals surface area contributed by atoms with Gasteiger partial charge in [-0.15, -0.1) is 11.3 Å². The maximum Gasteiger partial charge on any atom is 0.236 e. The molecule has 3 heterocycles. The number of para-hydroxylation sites is 1. The molecule has 2 aromatic heterocycles. The molecule has 0 fully saturated rings. The highest BCUT2D eigenvalue weighted by Gasteiger charge is 2.31. The molecule has 4 nitrogen and oxygen atoms in total. The minimum absolute atomic E-state index is 0.0709. The quantitative estimate of drug-likeness (QED) is 0.718. The lowest BCUT2D eigenvalue weighted by Crippen LogP contribution is -2.37. The Morgan fingerprint density at radius 2 is 2.17 bits per heavy atom. The Balaban J connectivity index is 1.59.